The number of amides is 2. The van der Waals surface area contributed by atoms with Crippen LogP contribution in [0.25, 0.3) is 11.1 Å². The minimum absolute atomic E-state index is 0.0120. The van der Waals surface area contributed by atoms with Crippen LogP contribution in [0.1, 0.15) is 73.3 Å². The van der Waals surface area contributed by atoms with E-state index < -0.39 is 5.91 Å². The number of hydrogen-bond acceptors (Lipinski definition) is 6. The fourth-order valence-electron chi connectivity index (χ4n) is 6.26. The normalized spacial score (nSPS) is 23.8. The number of aromatic nitrogens is 1. The van der Waals surface area contributed by atoms with Crippen molar-refractivity contribution in [1.29, 1.82) is 0 Å². The summed E-state index contributed by atoms with van der Waals surface area (Å²) in [6.45, 7) is 12.4. The van der Waals surface area contributed by atoms with E-state index in [-0.39, 0.29) is 24.0 Å². The van der Waals surface area contributed by atoms with E-state index in [4.69, 9.17) is 15.0 Å². The van der Waals surface area contributed by atoms with Gasteiger partial charge in [0, 0.05) is 54.5 Å². The first-order chi connectivity index (χ1) is 18.6. The molecule has 0 spiro atoms. The van der Waals surface area contributed by atoms with Crippen molar-refractivity contribution >= 4 is 17.5 Å². The number of aryl methyl sites for hydroxylation is 2. The molecular formula is C31H40N4O4. The number of hydrogen-bond donors (Lipinski definition) is 1. The molecule has 5 rings (SSSR count). The standard InChI is InChI=1S/C31H40N4O4/c1-18-12-24(31(37)35-15-19(2)38-20(3)16-35)10-7-11-34(17-23-8-6-9-23)27-14-25(13-26(28(18)27)30(32)36)29-21(4)33-39-22(29)5/h7,10,12-14,18-20,23H,6,8-9,11,15-17H2,1-5H3,(H2,32,36). The van der Waals surface area contributed by atoms with Crippen LogP contribution in [-0.4, -0.2) is 60.3 Å². The largest absolute Gasteiger partial charge is 0.372 e. The van der Waals surface area contributed by atoms with Gasteiger partial charge in [-0.1, -0.05) is 36.7 Å². The average molecular weight is 533 g/mol. The summed E-state index contributed by atoms with van der Waals surface area (Å²) in [4.78, 5) is 30.9. The molecular weight excluding hydrogens is 492 g/mol. The monoisotopic (exact) mass is 532 g/mol. The Balaban J connectivity index is 1.63. The van der Waals surface area contributed by atoms with Gasteiger partial charge < -0.3 is 24.8 Å². The number of rotatable bonds is 5. The summed E-state index contributed by atoms with van der Waals surface area (Å²) in [5.41, 5.74) is 11.5. The van der Waals surface area contributed by atoms with Gasteiger partial charge in [0.2, 0.25) is 5.91 Å². The van der Waals surface area contributed by atoms with E-state index in [1.54, 1.807) is 0 Å². The van der Waals surface area contributed by atoms with Gasteiger partial charge >= 0.3 is 0 Å². The lowest BCUT2D eigenvalue weighted by Gasteiger charge is -2.35. The molecule has 1 aromatic heterocycles. The molecule has 1 aliphatic carbocycles. The number of nitrogens with zero attached hydrogens (tertiary/aromatic N) is 3. The second-order valence-corrected chi connectivity index (χ2v) is 11.5. The van der Waals surface area contributed by atoms with E-state index >= 15 is 0 Å². The third kappa shape index (κ3) is 5.53. The molecule has 0 bridgehead atoms. The summed E-state index contributed by atoms with van der Waals surface area (Å²) >= 11 is 0. The lowest BCUT2D eigenvalue weighted by atomic mass is 9.84. The maximum atomic E-state index is 13.7. The maximum Gasteiger partial charge on any atom is 0.253 e. The van der Waals surface area contributed by atoms with Crippen LogP contribution in [0.4, 0.5) is 5.69 Å². The number of morpholine rings is 1. The number of allylic oxidation sites excluding steroid dienone is 1. The van der Waals surface area contributed by atoms with Crippen molar-refractivity contribution in [2.75, 3.05) is 31.1 Å². The van der Waals surface area contributed by atoms with E-state index in [0.717, 1.165) is 34.6 Å². The first kappa shape index (κ1) is 27.2. The number of carbonyl (C=O) groups excluding carboxylic acids is 2. The number of nitrogens with two attached hydrogens (primary N) is 1. The van der Waals surface area contributed by atoms with Gasteiger partial charge in [-0.25, -0.2) is 0 Å². The quantitative estimate of drug-likeness (QED) is 0.588. The van der Waals surface area contributed by atoms with Gasteiger partial charge in [-0.15, -0.1) is 0 Å². The Morgan fingerprint density at radius 3 is 2.41 bits per heavy atom. The van der Waals surface area contributed by atoms with E-state index in [2.05, 4.69) is 22.2 Å². The third-order valence-corrected chi connectivity index (χ3v) is 8.25. The van der Waals surface area contributed by atoms with E-state index in [1.807, 2.05) is 57.7 Å². The van der Waals surface area contributed by atoms with Gasteiger partial charge in [-0.2, -0.15) is 0 Å². The summed E-state index contributed by atoms with van der Waals surface area (Å²) in [5, 5.41) is 4.14. The van der Waals surface area contributed by atoms with Crippen LogP contribution in [0.2, 0.25) is 0 Å². The third-order valence-electron chi connectivity index (χ3n) is 8.25. The molecule has 8 nitrogen and oxygen atoms in total. The summed E-state index contributed by atoms with van der Waals surface area (Å²) in [7, 11) is 0. The molecule has 39 heavy (non-hydrogen) atoms. The molecule has 1 saturated heterocycles. The highest BCUT2D eigenvalue weighted by molar-refractivity contribution is 5.99. The molecule has 3 atom stereocenters. The summed E-state index contributed by atoms with van der Waals surface area (Å²) < 4.78 is 11.3. The number of anilines is 1. The molecule has 1 saturated carbocycles. The SMILES string of the molecule is Cc1noc(C)c1-c1cc(C(N)=O)c2c(c1)N(CC1CCC1)CC=CC(C(=O)N1CC(C)OC(C)C1)=CC2C. The van der Waals surface area contributed by atoms with Crippen molar-refractivity contribution in [2.24, 2.45) is 11.7 Å². The highest BCUT2D eigenvalue weighted by Crippen LogP contribution is 2.40. The van der Waals surface area contributed by atoms with Crippen molar-refractivity contribution in [2.45, 2.75) is 72.0 Å². The topological polar surface area (TPSA) is 102 Å². The second kappa shape index (κ2) is 11.0. The highest BCUT2D eigenvalue weighted by Gasteiger charge is 2.31. The molecule has 3 unspecified atom stereocenters. The van der Waals surface area contributed by atoms with E-state index in [1.165, 1.54) is 19.3 Å². The zero-order valence-electron chi connectivity index (χ0n) is 23.7. The molecule has 2 aromatic rings. The molecule has 8 heteroatoms. The van der Waals surface area contributed by atoms with E-state index in [9.17, 15) is 9.59 Å². The van der Waals surface area contributed by atoms with Crippen molar-refractivity contribution in [3.8, 4) is 11.1 Å². The van der Waals surface area contributed by atoms with Crippen LogP contribution in [0.15, 0.2) is 40.5 Å². The smallest absolute Gasteiger partial charge is 0.253 e. The van der Waals surface area contributed by atoms with Gasteiger partial charge in [-0.05, 0) is 69.7 Å². The van der Waals surface area contributed by atoms with Crippen LogP contribution >= 0.6 is 0 Å². The first-order valence-electron chi connectivity index (χ1n) is 14.1. The van der Waals surface area contributed by atoms with Crippen molar-refractivity contribution < 1.29 is 18.8 Å². The Labute approximate surface area is 230 Å². The number of primary amides is 1. The summed E-state index contributed by atoms with van der Waals surface area (Å²) in [5.74, 6) is 0.586. The molecule has 1 aromatic carbocycles. The van der Waals surface area contributed by atoms with Crippen molar-refractivity contribution in [3.05, 3.63) is 58.5 Å². The van der Waals surface area contributed by atoms with Crippen LogP contribution in [-0.2, 0) is 9.53 Å². The molecule has 2 aliphatic heterocycles. The molecule has 3 heterocycles. The average Bonchev–Trinajstić information content (AvgIpc) is 3.21. The number of ether oxygens (including phenoxy) is 1. The molecule has 3 aliphatic rings. The predicted molar refractivity (Wildman–Crippen MR) is 152 cm³/mol. The number of carbonyl (C=O) groups is 2. The number of benzene rings is 1. The van der Waals surface area contributed by atoms with Gasteiger partial charge in [0.1, 0.15) is 5.76 Å². The fraction of sp³-hybridized carbons (Fsp3) is 0.516. The minimum Gasteiger partial charge on any atom is -0.372 e. The Morgan fingerprint density at radius 2 is 1.82 bits per heavy atom. The maximum absolute atomic E-state index is 13.7. The van der Waals surface area contributed by atoms with Crippen molar-refractivity contribution in [3.63, 3.8) is 0 Å². The fourth-order valence-corrected chi connectivity index (χ4v) is 6.26. The van der Waals surface area contributed by atoms with Crippen LogP contribution < -0.4 is 10.6 Å². The van der Waals surface area contributed by atoms with Gasteiger partial charge in [0.15, 0.2) is 0 Å². The Hall–Kier alpha value is -3.39. The first-order valence-corrected chi connectivity index (χ1v) is 14.1. The summed E-state index contributed by atoms with van der Waals surface area (Å²) in [6, 6.07) is 4.00. The van der Waals surface area contributed by atoms with Gasteiger partial charge in [0.05, 0.1) is 17.9 Å². The molecule has 2 N–H and O–H groups in total. The summed E-state index contributed by atoms with van der Waals surface area (Å²) in [6.07, 6.45) is 9.63. The zero-order valence-corrected chi connectivity index (χ0v) is 23.7. The van der Waals surface area contributed by atoms with Gasteiger partial charge in [0.25, 0.3) is 5.91 Å². The molecule has 208 valence electrons. The molecule has 2 amide bonds. The van der Waals surface area contributed by atoms with Crippen molar-refractivity contribution in [1.82, 2.24) is 10.1 Å². The molecule has 2 fully saturated rings. The Kier molecular flexibility index (Phi) is 7.67. The Bertz CT molecular complexity index is 1290. The zero-order chi connectivity index (χ0) is 27.8. The lowest BCUT2D eigenvalue weighted by molar-refractivity contribution is -0.138. The second-order valence-electron chi connectivity index (χ2n) is 11.5. The lowest BCUT2D eigenvalue weighted by Crippen LogP contribution is -2.48. The van der Waals surface area contributed by atoms with Crippen LogP contribution in [0, 0.1) is 19.8 Å². The highest BCUT2D eigenvalue weighted by atomic mass is 16.5. The van der Waals surface area contributed by atoms with Gasteiger partial charge in [-0.3, -0.25) is 9.59 Å². The number of fused-ring (bicyclic) bond motifs is 1. The minimum atomic E-state index is -0.486. The van der Waals surface area contributed by atoms with Crippen LogP contribution in [0.5, 0.6) is 0 Å². The Morgan fingerprint density at radius 1 is 1.10 bits per heavy atom. The molecule has 0 radical (unpaired) electrons. The van der Waals surface area contributed by atoms with E-state index in [0.29, 0.717) is 42.4 Å². The van der Waals surface area contributed by atoms with Crippen LogP contribution in [0.3, 0.4) is 0 Å². The predicted octanol–water partition coefficient (Wildman–Crippen LogP) is 4.90.